The number of piperazine rings is 1. The maximum Gasteiger partial charge on any atom is 0.140 e. The van der Waals surface area contributed by atoms with Crippen LogP contribution >= 0.6 is 11.3 Å². The van der Waals surface area contributed by atoms with E-state index < -0.39 is 0 Å². The quantitative estimate of drug-likeness (QED) is 0.634. The summed E-state index contributed by atoms with van der Waals surface area (Å²) in [7, 11) is 2.19. The SMILES string of the molecule is Cc1ccc2c(c1)N=C(N1CCN(C)CC1)c1c(sc3ccccc13)N2. The van der Waals surface area contributed by atoms with E-state index in [9.17, 15) is 0 Å². The van der Waals surface area contributed by atoms with E-state index in [1.807, 2.05) is 11.3 Å². The van der Waals surface area contributed by atoms with Gasteiger partial charge in [0.1, 0.15) is 10.8 Å². The lowest BCUT2D eigenvalue weighted by Crippen LogP contribution is -2.47. The summed E-state index contributed by atoms with van der Waals surface area (Å²) in [6, 6.07) is 15.1. The highest BCUT2D eigenvalue weighted by Gasteiger charge is 2.27. The van der Waals surface area contributed by atoms with Crippen LogP contribution in [-0.2, 0) is 0 Å². The van der Waals surface area contributed by atoms with E-state index in [0.29, 0.717) is 0 Å². The maximum atomic E-state index is 5.18. The molecule has 2 aliphatic heterocycles. The second-order valence-corrected chi connectivity index (χ2v) is 8.23. The van der Waals surface area contributed by atoms with Gasteiger partial charge in [-0.25, -0.2) is 4.99 Å². The first-order chi connectivity index (χ1) is 12.7. The number of fused-ring (bicyclic) bond motifs is 4. The molecule has 132 valence electrons. The molecule has 0 saturated carbocycles. The van der Waals surface area contributed by atoms with Crippen molar-refractivity contribution >= 4 is 43.6 Å². The Labute approximate surface area is 157 Å². The smallest absolute Gasteiger partial charge is 0.140 e. The highest BCUT2D eigenvalue weighted by molar-refractivity contribution is 7.23. The van der Waals surface area contributed by atoms with Crippen LogP contribution in [0.1, 0.15) is 11.1 Å². The number of amidine groups is 1. The second-order valence-electron chi connectivity index (χ2n) is 7.17. The van der Waals surface area contributed by atoms with Crippen LogP contribution in [0.3, 0.4) is 0 Å². The summed E-state index contributed by atoms with van der Waals surface area (Å²) in [6.07, 6.45) is 0. The first kappa shape index (κ1) is 15.9. The summed E-state index contributed by atoms with van der Waals surface area (Å²) < 4.78 is 1.31. The number of nitrogens with one attached hydrogen (secondary N) is 1. The van der Waals surface area contributed by atoms with E-state index in [-0.39, 0.29) is 0 Å². The van der Waals surface area contributed by atoms with Gasteiger partial charge < -0.3 is 15.1 Å². The summed E-state index contributed by atoms with van der Waals surface area (Å²) >= 11 is 1.82. The number of rotatable bonds is 0. The minimum absolute atomic E-state index is 1.01. The van der Waals surface area contributed by atoms with Crippen LogP contribution in [0.4, 0.5) is 16.4 Å². The lowest BCUT2D eigenvalue weighted by molar-refractivity contribution is 0.216. The fraction of sp³-hybridized carbons (Fsp3) is 0.286. The van der Waals surface area contributed by atoms with Gasteiger partial charge in [-0.3, -0.25) is 0 Å². The summed E-state index contributed by atoms with van der Waals surface area (Å²) in [4.78, 5) is 10.0. The second kappa shape index (κ2) is 6.11. The van der Waals surface area contributed by atoms with E-state index in [1.165, 1.54) is 26.2 Å². The summed E-state index contributed by atoms with van der Waals surface area (Å²) in [5.41, 5.74) is 4.62. The number of benzene rings is 2. The van der Waals surface area contributed by atoms with E-state index in [0.717, 1.165) is 43.4 Å². The molecule has 0 aliphatic carbocycles. The predicted octanol–water partition coefficient (Wildman–Crippen LogP) is 4.59. The van der Waals surface area contributed by atoms with Gasteiger partial charge >= 0.3 is 0 Å². The molecule has 0 radical (unpaired) electrons. The van der Waals surface area contributed by atoms with Crippen molar-refractivity contribution in [1.82, 2.24) is 9.80 Å². The molecule has 4 nitrogen and oxygen atoms in total. The van der Waals surface area contributed by atoms with Gasteiger partial charge in [0, 0.05) is 36.3 Å². The van der Waals surface area contributed by atoms with Crippen molar-refractivity contribution in [3.8, 4) is 0 Å². The first-order valence-electron chi connectivity index (χ1n) is 9.11. The molecule has 1 fully saturated rings. The van der Waals surface area contributed by atoms with E-state index in [4.69, 9.17) is 4.99 Å². The third-order valence-electron chi connectivity index (χ3n) is 5.25. The van der Waals surface area contributed by atoms with Crippen molar-refractivity contribution in [2.24, 2.45) is 4.99 Å². The number of thiophene rings is 1. The van der Waals surface area contributed by atoms with Crippen LogP contribution in [0.25, 0.3) is 10.1 Å². The Balaban J connectivity index is 1.73. The molecule has 0 atom stereocenters. The molecule has 0 spiro atoms. The molecule has 0 bridgehead atoms. The van der Waals surface area contributed by atoms with Crippen molar-refractivity contribution in [2.45, 2.75) is 6.92 Å². The minimum Gasteiger partial charge on any atom is -0.353 e. The highest BCUT2D eigenvalue weighted by Crippen LogP contribution is 2.43. The van der Waals surface area contributed by atoms with Gasteiger partial charge in [-0.05, 0) is 37.7 Å². The van der Waals surface area contributed by atoms with Crippen LogP contribution in [-0.4, -0.2) is 48.9 Å². The normalized spacial score (nSPS) is 17.3. The molecular weight excluding hydrogens is 340 g/mol. The molecule has 1 saturated heterocycles. The standard InChI is InChI=1S/C21H22N4S/c1-14-7-8-16-17(13-14)22-20(25-11-9-24(2)10-12-25)19-15-5-3-4-6-18(15)26-21(19)23-16/h3-8,13,23H,9-12H2,1-2H3. The minimum atomic E-state index is 1.01. The number of hydrogen-bond acceptors (Lipinski definition) is 5. The van der Waals surface area contributed by atoms with Crippen molar-refractivity contribution < 1.29 is 0 Å². The Morgan fingerprint density at radius 2 is 1.85 bits per heavy atom. The molecule has 3 aromatic rings. The van der Waals surface area contributed by atoms with Crippen molar-refractivity contribution in [1.29, 1.82) is 0 Å². The Hall–Kier alpha value is -2.37. The zero-order valence-corrected chi connectivity index (χ0v) is 15.9. The van der Waals surface area contributed by atoms with Gasteiger partial charge in [0.15, 0.2) is 0 Å². The fourth-order valence-corrected chi connectivity index (χ4v) is 4.85. The molecule has 1 aromatic heterocycles. The number of aryl methyl sites for hydroxylation is 1. The Morgan fingerprint density at radius 1 is 1.04 bits per heavy atom. The molecule has 0 amide bonds. The van der Waals surface area contributed by atoms with Crippen molar-refractivity contribution in [3.63, 3.8) is 0 Å². The van der Waals surface area contributed by atoms with E-state index in [1.54, 1.807) is 0 Å². The number of nitrogens with zero attached hydrogens (tertiary/aromatic N) is 3. The van der Waals surface area contributed by atoms with Gasteiger partial charge in [-0.15, -0.1) is 11.3 Å². The van der Waals surface area contributed by atoms with Crippen LogP contribution in [0.5, 0.6) is 0 Å². The Kier molecular flexibility index (Phi) is 3.72. The third kappa shape index (κ3) is 2.59. The van der Waals surface area contributed by atoms with Crippen LogP contribution < -0.4 is 5.32 Å². The molecule has 26 heavy (non-hydrogen) atoms. The zero-order valence-electron chi connectivity index (χ0n) is 15.1. The number of aliphatic imine (C=N–C) groups is 1. The topological polar surface area (TPSA) is 30.9 Å². The number of hydrogen-bond donors (Lipinski definition) is 1. The number of likely N-dealkylation sites (N-methyl/N-ethyl adjacent to an activating group) is 1. The predicted molar refractivity (Wildman–Crippen MR) is 112 cm³/mol. The van der Waals surface area contributed by atoms with E-state index in [2.05, 4.69) is 71.6 Å². The van der Waals surface area contributed by atoms with Crippen molar-refractivity contribution in [3.05, 3.63) is 53.6 Å². The van der Waals surface area contributed by atoms with Crippen LogP contribution in [0.15, 0.2) is 47.5 Å². The lowest BCUT2D eigenvalue weighted by atomic mass is 10.1. The molecular formula is C21H22N4S. The fourth-order valence-electron chi connectivity index (χ4n) is 3.73. The van der Waals surface area contributed by atoms with Crippen LogP contribution in [0.2, 0.25) is 0 Å². The average molecular weight is 363 g/mol. The summed E-state index contributed by atoms with van der Waals surface area (Å²) in [5.74, 6) is 1.11. The maximum absolute atomic E-state index is 5.18. The highest BCUT2D eigenvalue weighted by atomic mass is 32.1. The first-order valence-corrected chi connectivity index (χ1v) is 9.92. The van der Waals surface area contributed by atoms with Gasteiger partial charge in [-0.1, -0.05) is 24.3 Å². The average Bonchev–Trinajstić information content (AvgIpc) is 2.92. The lowest BCUT2D eigenvalue weighted by Gasteiger charge is -2.34. The third-order valence-corrected chi connectivity index (χ3v) is 6.34. The molecule has 2 aromatic carbocycles. The Morgan fingerprint density at radius 3 is 2.69 bits per heavy atom. The molecule has 5 rings (SSSR count). The Bertz CT molecular complexity index is 1010. The number of anilines is 2. The molecule has 2 aliphatic rings. The van der Waals surface area contributed by atoms with Crippen LogP contribution in [0, 0.1) is 6.92 Å². The van der Waals surface area contributed by atoms with Gasteiger partial charge in [0.2, 0.25) is 0 Å². The molecule has 1 N–H and O–H groups in total. The summed E-state index contributed by atoms with van der Waals surface area (Å²) in [6.45, 7) is 6.30. The molecule has 3 heterocycles. The van der Waals surface area contributed by atoms with Gasteiger partial charge in [-0.2, -0.15) is 0 Å². The van der Waals surface area contributed by atoms with Gasteiger partial charge in [0.05, 0.1) is 16.9 Å². The van der Waals surface area contributed by atoms with Gasteiger partial charge in [0.25, 0.3) is 0 Å². The zero-order chi connectivity index (χ0) is 17.7. The largest absolute Gasteiger partial charge is 0.353 e. The molecule has 0 unspecified atom stereocenters. The van der Waals surface area contributed by atoms with E-state index >= 15 is 0 Å². The molecule has 5 heteroatoms. The summed E-state index contributed by atoms with van der Waals surface area (Å²) in [5, 5.41) is 6.16. The van der Waals surface area contributed by atoms with Crippen molar-refractivity contribution in [2.75, 3.05) is 38.5 Å². The monoisotopic (exact) mass is 362 g/mol.